The summed E-state index contributed by atoms with van der Waals surface area (Å²) in [7, 11) is 0. The highest BCUT2D eigenvalue weighted by Gasteiger charge is 2.46. The predicted molar refractivity (Wildman–Crippen MR) is 57.4 cm³/mol. The average molecular weight is 212 g/mol. The molecule has 1 saturated carbocycles. The first-order chi connectivity index (χ1) is 7.17. The predicted octanol–water partition coefficient (Wildman–Crippen LogP) is 2.48. The van der Waals surface area contributed by atoms with Gasteiger partial charge in [-0.1, -0.05) is 19.8 Å². The summed E-state index contributed by atoms with van der Waals surface area (Å²) in [6.45, 7) is 4.14. The summed E-state index contributed by atoms with van der Waals surface area (Å²) in [5.41, 5.74) is -0.803. The lowest BCUT2D eigenvalue weighted by molar-refractivity contribution is -0.162. The SMILES string of the molecule is CCCC1(C(=O)OCC)CCCCC1=O. The molecular weight excluding hydrogens is 192 g/mol. The molecule has 1 unspecified atom stereocenters. The Bertz CT molecular complexity index is 243. The summed E-state index contributed by atoms with van der Waals surface area (Å²) in [6.07, 6.45) is 4.60. The quantitative estimate of drug-likeness (QED) is 0.531. The molecular formula is C12H20O3. The van der Waals surface area contributed by atoms with Crippen molar-refractivity contribution in [1.82, 2.24) is 0 Å². The van der Waals surface area contributed by atoms with Crippen molar-refractivity contribution >= 4 is 11.8 Å². The van der Waals surface area contributed by atoms with Gasteiger partial charge in [-0.25, -0.2) is 0 Å². The Morgan fingerprint density at radius 1 is 1.40 bits per heavy atom. The standard InChI is InChI=1S/C12H20O3/c1-3-8-12(11(14)15-4-2)9-6-5-7-10(12)13/h3-9H2,1-2H3. The fourth-order valence-corrected chi connectivity index (χ4v) is 2.37. The molecule has 3 nitrogen and oxygen atoms in total. The molecule has 1 aliphatic rings. The van der Waals surface area contributed by atoms with Crippen LogP contribution in [-0.2, 0) is 14.3 Å². The molecule has 1 rings (SSSR count). The number of carbonyl (C=O) groups is 2. The molecule has 15 heavy (non-hydrogen) atoms. The molecule has 0 amide bonds. The third-order valence-electron chi connectivity index (χ3n) is 3.13. The molecule has 0 radical (unpaired) electrons. The minimum Gasteiger partial charge on any atom is -0.465 e. The van der Waals surface area contributed by atoms with E-state index in [1.165, 1.54) is 0 Å². The van der Waals surface area contributed by atoms with Gasteiger partial charge in [0.1, 0.15) is 11.2 Å². The third kappa shape index (κ3) is 2.39. The van der Waals surface area contributed by atoms with E-state index in [0.717, 1.165) is 19.3 Å². The number of hydrogen-bond donors (Lipinski definition) is 0. The van der Waals surface area contributed by atoms with Crippen molar-refractivity contribution in [2.75, 3.05) is 6.61 Å². The summed E-state index contributed by atoms with van der Waals surface area (Å²) < 4.78 is 5.05. The molecule has 86 valence electrons. The van der Waals surface area contributed by atoms with Crippen LogP contribution in [0.15, 0.2) is 0 Å². The van der Waals surface area contributed by atoms with E-state index in [4.69, 9.17) is 4.74 Å². The molecule has 3 heteroatoms. The van der Waals surface area contributed by atoms with E-state index in [2.05, 4.69) is 0 Å². The van der Waals surface area contributed by atoms with Crippen molar-refractivity contribution < 1.29 is 14.3 Å². The molecule has 0 aromatic carbocycles. The fraction of sp³-hybridized carbons (Fsp3) is 0.833. The number of hydrogen-bond acceptors (Lipinski definition) is 3. The Morgan fingerprint density at radius 2 is 2.13 bits per heavy atom. The second-order valence-corrected chi connectivity index (χ2v) is 4.18. The van der Waals surface area contributed by atoms with Crippen LogP contribution in [0.2, 0.25) is 0 Å². The number of carbonyl (C=O) groups excluding carboxylic acids is 2. The molecule has 0 bridgehead atoms. The average Bonchev–Trinajstić information content (AvgIpc) is 2.22. The lowest BCUT2D eigenvalue weighted by Crippen LogP contribution is -2.42. The van der Waals surface area contributed by atoms with Crippen LogP contribution in [0, 0.1) is 5.41 Å². The summed E-state index contributed by atoms with van der Waals surface area (Å²) >= 11 is 0. The van der Waals surface area contributed by atoms with Gasteiger partial charge < -0.3 is 4.74 Å². The minimum absolute atomic E-state index is 0.0917. The van der Waals surface area contributed by atoms with Crippen molar-refractivity contribution in [2.45, 2.75) is 52.4 Å². The number of esters is 1. The van der Waals surface area contributed by atoms with E-state index < -0.39 is 5.41 Å². The zero-order valence-corrected chi connectivity index (χ0v) is 9.67. The van der Waals surface area contributed by atoms with Crippen molar-refractivity contribution in [3.63, 3.8) is 0 Å². The van der Waals surface area contributed by atoms with Gasteiger partial charge in [0.25, 0.3) is 0 Å². The maximum Gasteiger partial charge on any atom is 0.319 e. The maximum atomic E-state index is 11.9. The molecule has 1 fully saturated rings. The third-order valence-corrected chi connectivity index (χ3v) is 3.13. The van der Waals surface area contributed by atoms with Gasteiger partial charge in [0, 0.05) is 6.42 Å². The summed E-state index contributed by atoms with van der Waals surface area (Å²) in [6, 6.07) is 0. The molecule has 0 aromatic heterocycles. The first-order valence-electron chi connectivity index (χ1n) is 5.88. The second-order valence-electron chi connectivity index (χ2n) is 4.18. The van der Waals surface area contributed by atoms with Crippen LogP contribution >= 0.6 is 0 Å². The van der Waals surface area contributed by atoms with Crippen molar-refractivity contribution in [1.29, 1.82) is 0 Å². The minimum atomic E-state index is -0.803. The Morgan fingerprint density at radius 3 is 2.67 bits per heavy atom. The Kier molecular flexibility index (Phi) is 4.30. The van der Waals surface area contributed by atoms with Crippen LogP contribution in [0.1, 0.15) is 52.4 Å². The Balaban J connectivity index is 2.84. The zero-order valence-electron chi connectivity index (χ0n) is 9.67. The van der Waals surface area contributed by atoms with E-state index in [-0.39, 0.29) is 11.8 Å². The molecule has 1 aliphatic carbocycles. The molecule has 0 aromatic rings. The largest absolute Gasteiger partial charge is 0.465 e. The summed E-state index contributed by atoms with van der Waals surface area (Å²) in [4.78, 5) is 23.8. The van der Waals surface area contributed by atoms with Crippen LogP contribution in [0.4, 0.5) is 0 Å². The normalized spacial score (nSPS) is 26.4. The maximum absolute atomic E-state index is 11.9. The van der Waals surface area contributed by atoms with Gasteiger partial charge >= 0.3 is 5.97 Å². The molecule has 1 atom stereocenters. The first kappa shape index (κ1) is 12.2. The summed E-state index contributed by atoms with van der Waals surface area (Å²) in [5, 5.41) is 0. The van der Waals surface area contributed by atoms with Gasteiger partial charge in [0.05, 0.1) is 6.61 Å². The number of Topliss-reactive ketones (excluding diaryl/α,β-unsaturated/α-hetero) is 1. The van der Waals surface area contributed by atoms with E-state index in [1.807, 2.05) is 6.92 Å². The van der Waals surface area contributed by atoms with Gasteiger partial charge in [-0.3, -0.25) is 9.59 Å². The van der Waals surface area contributed by atoms with Crippen molar-refractivity contribution in [3.8, 4) is 0 Å². The molecule has 0 saturated heterocycles. The van der Waals surface area contributed by atoms with E-state index >= 15 is 0 Å². The molecule has 0 heterocycles. The Labute approximate surface area is 91.2 Å². The van der Waals surface area contributed by atoms with Gasteiger partial charge in [0.15, 0.2) is 0 Å². The van der Waals surface area contributed by atoms with Gasteiger partial charge in [-0.05, 0) is 26.2 Å². The van der Waals surface area contributed by atoms with Crippen LogP contribution in [0.25, 0.3) is 0 Å². The molecule has 0 aliphatic heterocycles. The Hall–Kier alpha value is -0.860. The van der Waals surface area contributed by atoms with Crippen molar-refractivity contribution in [3.05, 3.63) is 0 Å². The fourth-order valence-electron chi connectivity index (χ4n) is 2.37. The van der Waals surface area contributed by atoms with Crippen LogP contribution in [-0.4, -0.2) is 18.4 Å². The van der Waals surface area contributed by atoms with Crippen molar-refractivity contribution in [2.24, 2.45) is 5.41 Å². The molecule has 0 N–H and O–H groups in total. The highest BCUT2D eigenvalue weighted by molar-refractivity contribution is 6.04. The van der Waals surface area contributed by atoms with Crippen LogP contribution in [0.3, 0.4) is 0 Å². The van der Waals surface area contributed by atoms with Gasteiger partial charge in [-0.15, -0.1) is 0 Å². The zero-order chi connectivity index (χ0) is 11.3. The van der Waals surface area contributed by atoms with Gasteiger partial charge in [0.2, 0.25) is 0 Å². The van der Waals surface area contributed by atoms with Crippen LogP contribution in [0.5, 0.6) is 0 Å². The second kappa shape index (κ2) is 5.29. The van der Waals surface area contributed by atoms with E-state index in [1.54, 1.807) is 6.92 Å². The summed E-state index contributed by atoms with van der Waals surface area (Å²) in [5.74, 6) is -0.203. The number of rotatable bonds is 4. The van der Waals surface area contributed by atoms with E-state index in [9.17, 15) is 9.59 Å². The van der Waals surface area contributed by atoms with Crippen LogP contribution < -0.4 is 0 Å². The lowest BCUT2D eigenvalue weighted by Gasteiger charge is -2.32. The van der Waals surface area contributed by atoms with E-state index in [0.29, 0.717) is 25.9 Å². The van der Waals surface area contributed by atoms with Gasteiger partial charge in [-0.2, -0.15) is 0 Å². The number of ketones is 1. The lowest BCUT2D eigenvalue weighted by atomic mass is 9.70. The topological polar surface area (TPSA) is 43.4 Å². The smallest absolute Gasteiger partial charge is 0.319 e. The molecule has 0 spiro atoms. The number of ether oxygens (including phenoxy) is 1. The monoisotopic (exact) mass is 212 g/mol. The first-order valence-corrected chi connectivity index (χ1v) is 5.88. The highest BCUT2D eigenvalue weighted by atomic mass is 16.5. The highest BCUT2D eigenvalue weighted by Crippen LogP contribution is 2.38.